The van der Waals surface area contributed by atoms with Gasteiger partial charge in [0.1, 0.15) is 5.25 Å². The van der Waals surface area contributed by atoms with Crippen molar-refractivity contribution in [3.05, 3.63) is 0 Å². The Balaban J connectivity index is 3.94. The first-order chi connectivity index (χ1) is 6.11. The number of thioether (sulfide) groups is 2. The fraction of sp³-hybridized carbons (Fsp3) is 0.750. The first-order valence-electron chi connectivity index (χ1n) is 4.18. The van der Waals surface area contributed by atoms with Crippen molar-refractivity contribution in [3.63, 3.8) is 0 Å². The van der Waals surface area contributed by atoms with Crippen LogP contribution < -0.4 is 0 Å². The van der Waals surface area contributed by atoms with Crippen molar-refractivity contribution in [1.29, 1.82) is 0 Å². The van der Waals surface area contributed by atoms with E-state index in [0.29, 0.717) is 12.2 Å². The van der Waals surface area contributed by atoms with Gasteiger partial charge >= 0.3 is 5.97 Å². The first-order valence-corrected chi connectivity index (χ1v) is 6.04. The molecule has 0 aromatic carbocycles. The second kappa shape index (κ2) is 7.26. The third-order valence-corrected chi connectivity index (χ3v) is 3.41. The molecule has 0 heterocycles. The number of hydrogen-bond donors (Lipinski definition) is 1. The van der Waals surface area contributed by atoms with Gasteiger partial charge in [0.15, 0.2) is 0 Å². The molecule has 0 spiro atoms. The van der Waals surface area contributed by atoms with Crippen LogP contribution in [-0.4, -0.2) is 26.5 Å². The Hall–Kier alpha value is -0.160. The molecule has 0 saturated heterocycles. The molecule has 0 fully saturated rings. The van der Waals surface area contributed by atoms with Gasteiger partial charge in [0.05, 0.1) is 0 Å². The number of carbonyl (C=O) groups is 2. The van der Waals surface area contributed by atoms with Gasteiger partial charge in [-0.15, -0.1) is 0 Å². The Morgan fingerprint density at radius 2 is 2.00 bits per heavy atom. The molecule has 76 valence electrons. The average molecular weight is 222 g/mol. The Morgan fingerprint density at radius 1 is 1.38 bits per heavy atom. The second-order valence-corrected chi connectivity index (χ2v) is 5.09. The topological polar surface area (TPSA) is 54.4 Å². The highest BCUT2D eigenvalue weighted by molar-refractivity contribution is 8.38. The minimum atomic E-state index is -0.892. The van der Waals surface area contributed by atoms with E-state index in [1.807, 2.05) is 13.8 Å². The average Bonchev–Trinajstić information content (AvgIpc) is 2.04. The lowest BCUT2D eigenvalue weighted by molar-refractivity contribution is -0.136. The number of rotatable bonds is 5. The molecule has 1 unspecified atom stereocenters. The van der Waals surface area contributed by atoms with Crippen molar-refractivity contribution in [3.8, 4) is 0 Å². The zero-order valence-corrected chi connectivity index (χ0v) is 9.41. The SMILES string of the molecule is CCCC(SC(=O)SCC)C(=O)O. The van der Waals surface area contributed by atoms with Crippen molar-refractivity contribution >= 4 is 33.9 Å². The summed E-state index contributed by atoms with van der Waals surface area (Å²) >= 11 is 2.09. The van der Waals surface area contributed by atoms with Gasteiger partial charge in [0.25, 0.3) is 0 Å². The van der Waals surface area contributed by atoms with Crippen molar-refractivity contribution in [2.75, 3.05) is 5.75 Å². The van der Waals surface area contributed by atoms with E-state index >= 15 is 0 Å². The van der Waals surface area contributed by atoms with Crippen molar-refractivity contribution in [1.82, 2.24) is 0 Å². The number of carbonyl (C=O) groups excluding carboxylic acids is 1. The summed E-state index contributed by atoms with van der Waals surface area (Å²) in [5, 5.41) is 8.17. The first kappa shape index (κ1) is 12.8. The van der Waals surface area contributed by atoms with Gasteiger partial charge in [-0.25, -0.2) is 0 Å². The zero-order valence-electron chi connectivity index (χ0n) is 7.78. The van der Waals surface area contributed by atoms with E-state index in [1.165, 1.54) is 0 Å². The maximum absolute atomic E-state index is 11.1. The number of hydrogen-bond acceptors (Lipinski definition) is 4. The van der Waals surface area contributed by atoms with E-state index < -0.39 is 11.2 Å². The van der Waals surface area contributed by atoms with E-state index in [-0.39, 0.29) is 4.45 Å². The molecule has 13 heavy (non-hydrogen) atoms. The summed E-state index contributed by atoms with van der Waals surface area (Å²) in [6.07, 6.45) is 1.34. The molecule has 0 amide bonds. The molecular formula is C8H14O3S2. The highest BCUT2D eigenvalue weighted by Crippen LogP contribution is 2.24. The molecular weight excluding hydrogens is 208 g/mol. The van der Waals surface area contributed by atoms with Crippen LogP contribution >= 0.6 is 23.5 Å². The van der Waals surface area contributed by atoms with E-state index in [2.05, 4.69) is 0 Å². The summed E-state index contributed by atoms with van der Waals surface area (Å²) in [6.45, 7) is 3.78. The van der Waals surface area contributed by atoms with E-state index in [0.717, 1.165) is 29.9 Å². The Bertz CT molecular complexity index is 182. The van der Waals surface area contributed by atoms with Gasteiger partial charge < -0.3 is 5.11 Å². The number of aliphatic carboxylic acids is 1. The van der Waals surface area contributed by atoms with Gasteiger partial charge in [-0.2, -0.15) is 0 Å². The molecule has 0 aliphatic carbocycles. The molecule has 0 aromatic rings. The third-order valence-electron chi connectivity index (χ3n) is 1.33. The van der Waals surface area contributed by atoms with Crippen molar-refractivity contribution < 1.29 is 14.7 Å². The predicted octanol–water partition coefficient (Wildman–Crippen LogP) is 2.85. The predicted molar refractivity (Wildman–Crippen MR) is 57.5 cm³/mol. The second-order valence-electron chi connectivity index (χ2n) is 2.42. The van der Waals surface area contributed by atoms with Gasteiger partial charge in [-0.05, 0) is 12.2 Å². The minimum absolute atomic E-state index is 0.0941. The standard InChI is InChI=1S/C8H14O3S2/c1-3-5-6(7(9)10)13-8(11)12-4-2/h6H,3-5H2,1-2H3,(H,9,10). The Morgan fingerprint density at radius 3 is 2.38 bits per heavy atom. The van der Waals surface area contributed by atoms with Gasteiger partial charge in [-0.3, -0.25) is 9.59 Å². The molecule has 0 aliphatic rings. The summed E-state index contributed by atoms with van der Waals surface area (Å²) in [6, 6.07) is 0. The molecule has 0 aromatic heterocycles. The summed E-state index contributed by atoms with van der Waals surface area (Å²) in [5.41, 5.74) is 0. The summed E-state index contributed by atoms with van der Waals surface area (Å²) < 4.78 is -0.0941. The number of carboxylic acids is 1. The van der Waals surface area contributed by atoms with E-state index in [9.17, 15) is 9.59 Å². The lowest BCUT2D eigenvalue weighted by Crippen LogP contribution is -2.17. The summed E-state index contributed by atoms with van der Waals surface area (Å²) in [7, 11) is 0. The fourth-order valence-electron chi connectivity index (χ4n) is 0.763. The monoisotopic (exact) mass is 222 g/mol. The van der Waals surface area contributed by atoms with Crippen LogP contribution in [0.15, 0.2) is 0 Å². The zero-order chi connectivity index (χ0) is 10.3. The highest BCUT2D eigenvalue weighted by Gasteiger charge is 2.20. The summed E-state index contributed by atoms with van der Waals surface area (Å²) in [4.78, 5) is 21.7. The van der Waals surface area contributed by atoms with Crippen LogP contribution in [0.5, 0.6) is 0 Å². The molecule has 1 N–H and O–H groups in total. The van der Waals surface area contributed by atoms with Gasteiger partial charge in [0, 0.05) is 0 Å². The van der Waals surface area contributed by atoms with Crippen molar-refractivity contribution in [2.24, 2.45) is 0 Å². The molecule has 5 heteroatoms. The molecule has 0 aliphatic heterocycles. The molecule has 0 saturated carbocycles. The van der Waals surface area contributed by atoms with Crippen molar-refractivity contribution in [2.45, 2.75) is 31.9 Å². The molecule has 0 bridgehead atoms. The normalized spacial score (nSPS) is 12.5. The Labute approximate surface area is 86.7 Å². The largest absolute Gasteiger partial charge is 0.480 e. The quantitative estimate of drug-likeness (QED) is 0.775. The van der Waals surface area contributed by atoms with Crippen LogP contribution in [0, 0.1) is 0 Å². The van der Waals surface area contributed by atoms with Gasteiger partial charge in [0.2, 0.25) is 4.45 Å². The Kier molecular flexibility index (Phi) is 7.17. The maximum Gasteiger partial charge on any atom is 0.317 e. The lowest BCUT2D eigenvalue weighted by Gasteiger charge is -2.08. The smallest absolute Gasteiger partial charge is 0.317 e. The summed E-state index contributed by atoms with van der Waals surface area (Å²) in [5.74, 6) is -0.193. The van der Waals surface area contributed by atoms with Crippen LogP contribution in [0.2, 0.25) is 0 Å². The molecule has 0 rings (SSSR count). The third kappa shape index (κ3) is 5.99. The lowest BCUT2D eigenvalue weighted by atomic mass is 10.2. The van der Waals surface area contributed by atoms with Crippen LogP contribution in [0.3, 0.4) is 0 Å². The van der Waals surface area contributed by atoms with Crippen LogP contribution in [0.25, 0.3) is 0 Å². The molecule has 3 nitrogen and oxygen atoms in total. The van der Waals surface area contributed by atoms with Crippen LogP contribution in [0.1, 0.15) is 26.7 Å². The highest BCUT2D eigenvalue weighted by atomic mass is 32.2. The van der Waals surface area contributed by atoms with E-state index in [1.54, 1.807) is 0 Å². The van der Waals surface area contributed by atoms with Crippen LogP contribution in [0.4, 0.5) is 4.79 Å². The van der Waals surface area contributed by atoms with Gasteiger partial charge in [-0.1, -0.05) is 43.8 Å². The number of carboxylic acid groups (broad SMARTS) is 1. The maximum atomic E-state index is 11.1. The minimum Gasteiger partial charge on any atom is -0.480 e. The molecule has 1 atom stereocenters. The fourth-order valence-corrected chi connectivity index (χ4v) is 2.66. The van der Waals surface area contributed by atoms with Crippen LogP contribution in [-0.2, 0) is 4.79 Å². The molecule has 0 radical (unpaired) electrons. The van der Waals surface area contributed by atoms with E-state index in [4.69, 9.17) is 5.11 Å².